The molecule has 2 aliphatic rings. The first-order valence-electron chi connectivity index (χ1n) is 12.5. The molecule has 1 unspecified atom stereocenters. The number of imidazole rings is 1. The summed E-state index contributed by atoms with van der Waals surface area (Å²) < 4.78 is 7.35. The maximum atomic E-state index is 12.3. The minimum absolute atomic E-state index is 0.158. The Morgan fingerprint density at radius 2 is 2.06 bits per heavy atom. The first kappa shape index (κ1) is 23.6. The number of pyridine rings is 1. The summed E-state index contributed by atoms with van der Waals surface area (Å²) in [5, 5.41) is 0.749. The number of nitrogens with zero attached hydrogens (tertiary/aromatic N) is 4. The summed E-state index contributed by atoms with van der Waals surface area (Å²) in [6.45, 7) is 4.58. The third-order valence-corrected chi connectivity index (χ3v) is 7.39. The predicted molar refractivity (Wildman–Crippen MR) is 138 cm³/mol. The van der Waals surface area contributed by atoms with Gasteiger partial charge >= 0.3 is 6.09 Å². The summed E-state index contributed by atoms with van der Waals surface area (Å²) in [5.41, 5.74) is 6.10. The topological polar surface area (TPSA) is 60.2 Å². The fourth-order valence-corrected chi connectivity index (χ4v) is 5.66. The third kappa shape index (κ3) is 5.13. The largest absolute Gasteiger partial charge is 0.450 e. The molecule has 3 heterocycles. The Bertz CT molecular complexity index is 1200. The molecule has 0 bridgehead atoms. The summed E-state index contributed by atoms with van der Waals surface area (Å²) >= 11 is 6.53. The van der Waals surface area contributed by atoms with Crippen molar-refractivity contribution in [2.24, 2.45) is 5.92 Å². The second-order valence-electron chi connectivity index (χ2n) is 9.28. The molecule has 3 aromatic rings. The lowest BCUT2D eigenvalue weighted by Crippen LogP contribution is -2.40. The normalized spacial score (nSPS) is 17.8. The van der Waals surface area contributed by atoms with Crippen molar-refractivity contribution in [2.75, 3.05) is 19.7 Å². The van der Waals surface area contributed by atoms with Crippen molar-refractivity contribution in [3.8, 4) is 0 Å². The quantitative estimate of drug-likeness (QED) is 0.408. The van der Waals surface area contributed by atoms with E-state index in [9.17, 15) is 4.79 Å². The van der Waals surface area contributed by atoms with E-state index < -0.39 is 0 Å². The van der Waals surface area contributed by atoms with Crippen molar-refractivity contribution < 1.29 is 9.53 Å². The van der Waals surface area contributed by atoms with Crippen LogP contribution in [0.5, 0.6) is 0 Å². The van der Waals surface area contributed by atoms with Crippen LogP contribution >= 0.6 is 11.6 Å². The number of amides is 1. The number of hydrogen-bond acceptors (Lipinski definition) is 4. The second kappa shape index (κ2) is 10.6. The molecule has 1 saturated heterocycles. The van der Waals surface area contributed by atoms with E-state index in [0.29, 0.717) is 25.6 Å². The van der Waals surface area contributed by atoms with E-state index in [1.165, 1.54) is 22.3 Å². The average molecular weight is 491 g/mol. The van der Waals surface area contributed by atoms with Gasteiger partial charge in [-0.2, -0.15) is 0 Å². The van der Waals surface area contributed by atoms with Gasteiger partial charge in [0, 0.05) is 49.2 Å². The van der Waals surface area contributed by atoms with Gasteiger partial charge in [0.15, 0.2) is 0 Å². The molecule has 0 N–H and O–H groups in total. The number of aryl methyl sites for hydroxylation is 1. The number of hydrogen-bond donors (Lipinski definition) is 0. The molecule has 182 valence electrons. The molecule has 5 rings (SSSR count). The number of fused-ring (bicyclic) bond motifs is 2. The highest BCUT2D eigenvalue weighted by Gasteiger charge is 2.35. The highest BCUT2D eigenvalue weighted by atomic mass is 35.5. The van der Waals surface area contributed by atoms with E-state index in [0.717, 1.165) is 42.9 Å². The Morgan fingerprint density at radius 1 is 1.20 bits per heavy atom. The fraction of sp³-hybridized carbons (Fsp3) is 0.393. The van der Waals surface area contributed by atoms with Crippen LogP contribution in [0.25, 0.3) is 11.6 Å². The zero-order valence-corrected chi connectivity index (χ0v) is 20.8. The summed E-state index contributed by atoms with van der Waals surface area (Å²) in [7, 11) is 0. The van der Waals surface area contributed by atoms with Crippen LogP contribution in [0.1, 0.15) is 60.9 Å². The van der Waals surface area contributed by atoms with Crippen LogP contribution < -0.4 is 0 Å². The van der Waals surface area contributed by atoms with E-state index in [2.05, 4.69) is 33.8 Å². The summed E-state index contributed by atoms with van der Waals surface area (Å²) in [5.74, 6) is 0.540. The average Bonchev–Trinajstić information content (AvgIpc) is 3.35. The Balaban J connectivity index is 1.46. The summed E-state index contributed by atoms with van der Waals surface area (Å²) in [4.78, 5) is 23.2. The molecule has 1 atom stereocenters. The molecule has 0 spiro atoms. The first-order chi connectivity index (χ1) is 17.1. The Kier molecular flexibility index (Phi) is 7.19. The number of carbonyl (C=O) groups is 1. The highest BCUT2D eigenvalue weighted by molar-refractivity contribution is 6.30. The molecule has 1 amide bonds. The van der Waals surface area contributed by atoms with Crippen LogP contribution in [0, 0.1) is 5.92 Å². The van der Waals surface area contributed by atoms with Crippen LogP contribution in [-0.4, -0.2) is 45.2 Å². The lowest BCUT2D eigenvalue weighted by Gasteiger charge is -2.36. The van der Waals surface area contributed by atoms with Crippen LogP contribution in [0.15, 0.2) is 55.2 Å². The van der Waals surface area contributed by atoms with Gasteiger partial charge in [-0.15, -0.1) is 0 Å². The standard InChI is InChI=1S/C28H31ClN4O2/c1-2-35-28(34)33-14-9-20(10-15-33)26-24-8-7-23(29)18-25(24)21(6-4-13-32-16-12-30-19-32)17-22-5-3-11-31-27(22)26/h3,5,7-8,11-12,16-20,26H,2,4,6,9-10,13-15H2,1H3. The van der Waals surface area contributed by atoms with E-state index >= 15 is 0 Å². The first-order valence-corrected chi connectivity index (χ1v) is 12.8. The smallest absolute Gasteiger partial charge is 0.409 e. The zero-order chi connectivity index (χ0) is 24.2. The number of carbonyl (C=O) groups excluding carboxylic acids is 1. The SMILES string of the molecule is CCOC(=O)N1CCC(C2c3ccc(Cl)cc3C(CCCn3ccnc3)=Cc3cccnc32)CC1. The number of allylic oxidation sites excluding steroid dienone is 1. The minimum Gasteiger partial charge on any atom is -0.450 e. The molecule has 1 fully saturated rings. The van der Waals surface area contributed by atoms with Gasteiger partial charge in [-0.1, -0.05) is 23.7 Å². The maximum Gasteiger partial charge on any atom is 0.409 e. The number of piperidine rings is 1. The highest BCUT2D eigenvalue weighted by Crippen LogP contribution is 2.45. The van der Waals surface area contributed by atoms with Gasteiger partial charge in [-0.05, 0) is 85.1 Å². The van der Waals surface area contributed by atoms with E-state index in [1.54, 1.807) is 0 Å². The van der Waals surface area contributed by atoms with E-state index in [1.807, 2.05) is 48.9 Å². The molecule has 2 aromatic heterocycles. The van der Waals surface area contributed by atoms with Crippen molar-refractivity contribution >= 4 is 29.3 Å². The molecule has 0 saturated carbocycles. The van der Waals surface area contributed by atoms with Crippen molar-refractivity contribution in [2.45, 2.75) is 45.1 Å². The van der Waals surface area contributed by atoms with Gasteiger partial charge in [-0.25, -0.2) is 9.78 Å². The number of rotatable bonds is 6. The number of aromatic nitrogens is 3. The van der Waals surface area contributed by atoms with Crippen LogP contribution in [0.2, 0.25) is 5.02 Å². The number of halogens is 1. The predicted octanol–water partition coefficient (Wildman–Crippen LogP) is 6.27. The van der Waals surface area contributed by atoms with Crippen molar-refractivity contribution in [1.29, 1.82) is 0 Å². The lowest BCUT2D eigenvalue weighted by molar-refractivity contribution is 0.0900. The molecule has 0 radical (unpaired) electrons. The molecule has 1 aliphatic heterocycles. The Morgan fingerprint density at radius 3 is 2.83 bits per heavy atom. The van der Waals surface area contributed by atoms with Crippen molar-refractivity contribution in [1.82, 2.24) is 19.4 Å². The molecular formula is C28H31ClN4O2. The van der Waals surface area contributed by atoms with Crippen molar-refractivity contribution in [3.05, 3.63) is 82.7 Å². The minimum atomic E-state index is -0.209. The Labute approximate surface area is 211 Å². The molecule has 1 aromatic carbocycles. The van der Waals surface area contributed by atoms with Gasteiger partial charge in [0.05, 0.1) is 18.6 Å². The maximum absolute atomic E-state index is 12.3. The van der Waals surface area contributed by atoms with Crippen LogP contribution in [0.4, 0.5) is 4.79 Å². The Hall–Kier alpha value is -3.12. The molecule has 7 heteroatoms. The zero-order valence-electron chi connectivity index (χ0n) is 20.1. The van der Waals surface area contributed by atoms with Gasteiger partial charge in [0.25, 0.3) is 0 Å². The van der Waals surface area contributed by atoms with E-state index in [-0.39, 0.29) is 12.0 Å². The summed E-state index contributed by atoms with van der Waals surface area (Å²) in [6.07, 6.45) is 13.5. The van der Waals surface area contributed by atoms with Gasteiger partial charge < -0.3 is 14.2 Å². The molecular weight excluding hydrogens is 460 g/mol. The van der Waals surface area contributed by atoms with Gasteiger partial charge in [0.2, 0.25) is 0 Å². The van der Waals surface area contributed by atoms with E-state index in [4.69, 9.17) is 21.3 Å². The molecule has 1 aliphatic carbocycles. The lowest BCUT2D eigenvalue weighted by atomic mass is 9.76. The number of benzene rings is 1. The summed E-state index contributed by atoms with van der Waals surface area (Å²) in [6, 6.07) is 10.5. The monoisotopic (exact) mass is 490 g/mol. The number of ether oxygens (including phenoxy) is 1. The molecule has 6 nitrogen and oxygen atoms in total. The third-order valence-electron chi connectivity index (χ3n) is 7.15. The molecule has 35 heavy (non-hydrogen) atoms. The van der Waals surface area contributed by atoms with Crippen molar-refractivity contribution in [3.63, 3.8) is 0 Å². The van der Waals surface area contributed by atoms with Gasteiger partial charge in [-0.3, -0.25) is 4.98 Å². The van der Waals surface area contributed by atoms with Crippen LogP contribution in [-0.2, 0) is 11.3 Å². The van der Waals surface area contributed by atoms with Gasteiger partial charge in [0.1, 0.15) is 0 Å². The van der Waals surface area contributed by atoms with Crippen LogP contribution in [0.3, 0.4) is 0 Å². The second-order valence-corrected chi connectivity index (χ2v) is 9.72. The number of likely N-dealkylation sites (tertiary alicyclic amines) is 1. The fourth-order valence-electron chi connectivity index (χ4n) is 5.49.